The van der Waals surface area contributed by atoms with Crippen molar-refractivity contribution in [3.8, 4) is 0 Å². The van der Waals surface area contributed by atoms with Gasteiger partial charge in [-0.25, -0.2) is 0 Å². The fraction of sp³-hybridized carbons (Fsp3) is 1.00. The van der Waals surface area contributed by atoms with Gasteiger partial charge in [0.25, 0.3) is 0 Å². The number of hydrogen-bond donors (Lipinski definition) is 3. The summed E-state index contributed by atoms with van der Waals surface area (Å²) in [4.78, 5) is 0. The first-order valence-electron chi connectivity index (χ1n) is 4.33. The summed E-state index contributed by atoms with van der Waals surface area (Å²) in [5, 5.41) is 28.0. The molecule has 0 aromatic heterocycles. The molecule has 0 radical (unpaired) electrons. The lowest BCUT2D eigenvalue weighted by Gasteiger charge is -2.40. The van der Waals surface area contributed by atoms with E-state index in [0.29, 0.717) is 0 Å². The number of aliphatic hydroxyl groups is 3. The minimum absolute atomic E-state index is 0.303. The molecule has 0 amide bonds. The van der Waals surface area contributed by atoms with E-state index in [2.05, 4.69) is 0 Å². The van der Waals surface area contributed by atoms with Gasteiger partial charge in [0.2, 0.25) is 0 Å². The predicted molar refractivity (Wildman–Crippen MR) is 45.6 cm³/mol. The second kappa shape index (κ2) is 5.01. The molecule has 3 N–H and O–H groups in total. The van der Waals surface area contributed by atoms with Gasteiger partial charge in [0.1, 0.15) is 24.4 Å². The third-order valence-electron chi connectivity index (χ3n) is 2.33. The molecule has 0 bridgehead atoms. The van der Waals surface area contributed by atoms with Crippen LogP contribution in [0.5, 0.6) is 0 Å². The lowest BCUT2D eigenvalue weighted by atomic mass is 9.99. The van der Waals surface area contributed by atoms with E-state index in [1.54, 1.807) is 0 Å². The Hall–Kier alpha value is -0.240. The summed E-state index contributed by atoms with van der Waals surface area (Å²) in [5.41, 5.74) is 0. The quantitative estimate of drug-likeness (QED) is 0.501. The molecular weight excluding hydrogens is 192 g/mol. The molecule has 5 atom stereocenters. The van der Waals surface area contributed by atoms with Crippen LogP contribution < -0.4 is 0 Å². The van der Waals surface area contributed by atoms with Gasteiger partial charge >= 0.3 is 0 Å². The van der Waals surface area contributed by atoms with Crippen LogP contribution in [0.1, 0.15) is 0 Å². The van der Waals surface area contributed by atoms with Gasteiger partial charge in [0, 0.05) is 14.2 Å². The van der Waals surface area contributed by atoms with Crippen molar-refractivity contribution in [1.29, 1.82) is 0 Å². The molecule has 0 saturated carbocycles. The van der Waals surface area contributed by atoms with Gasteiger partial charge in [0.15, 0.2) is 6.29 Å². The van der Waals surface area contributed by atoms with Gasteiger partial charge in [0.05, 0.1) is 6.61 Å². The van der Waals surface area contributed by atoms with Gasteiger partial charge in [-0.15, -0.1) is 0 Å². The Bertz CT molecular complexity index is 173. The van der Waals surface area contributed by atoms with Crippen LogP contribution in [0.2, 0.25) is 0 Å². The van der Waals surface area contributed by atoms with E-state index >= 15 is 0 Å². The first kappa shape index (κ1) is 11.8. The summed E-state index contributed by atoms with van der Waals surface area (Å²) in [6, 6.07) is 0. The van der Waals surface area contributed by atoms with E-state index in [4.69, 9.17) is 19.3 Å². The highest BCUT2D eigenvalue weighted by Gasteiger charge is 2.44. The maximum atomic E-state index is 9.59. The lowest BCUT2D eigenvalue weighted by Crippen LogP contribution is -2.59. The topological polar surface area (TPSA) is 88.4 Å². The van der Waals surface area contributed by atoms with Crippen LogP contribution in [0.15, 0.2) is 0 Å². The van der Waals surface area contributed by atoms with E-state index in [-0.39, 0.29) is 6.61 Å². The maximum Gasteiger partial charge on any atom is 0.186 e. The van der Waals surface area contributed by atoms with Crippen molar-refractivity contribution in [3.63, 3.8) is 0 Å². The van der Waals surface area contributed by atoms with Crippen LogP contribution >= 0.6 is 0 Å². The van der Waals surface area contributed by atoms with Crippen LogP contribution in [0.3, 0.4) is 0 Å². The Balaban J connectivity index is 2.71. The second-order valence-electron chi connectivity index (χ2n) is 3.14. The minimum Gasteiger partial charge on any atom is -0.394 e. The molecule has 0 aliphatic carbocycles. The molecule has 1 rings (SSSR count). The van der Waals surface area contributed by atoms with Crippen molar-refractivity contribution >= 4 is 0 Å². The van der Waals surface area contributed by atoms with E-state index < -0.39 is 30.7 Å². The molecular formula is C8H16O6. The molecule has 0 aromatic rings. The molecule has 1 heterocycles. The number of rotatable bonds is 3. The summed E-state index contributed by atoms with van der Waals surface area (Å²) >= 11 is 0. The van der Waals surface area contributed by atoms with Crippen molar-refractivity contribution < 1.29 is 29.5 Å². The van der Waals surface area contributed by atoms with Crippen molar-refractivity contribution in [1.82, 2.24) is 0 Å². The zero-order chi connectivity index (χ0) is 10.7. The Labute approximate surface area is 82.0 Å². The molecule has 1 aliphatic rings. The van der Waals surface area contributed by atoms with Gasteiger partial charge in [-0.1, -0.05) is 0 Å². The normalized spacial score (nSPS) is 43.9. The van der Waals surface area contributed by atoms with Crippen molar-refractivity contribution in [2.45, 2.75) is 30.7 Å². The van der Waals surface area contributed by atoms with E-state index in [9.17, 15) is 10.2 Å². The Morgan fingerprint density at radius 3 is 2.21 bits per heavy atom. The van der Waals surface area contributed by atoms with Crippen LogP contribution in [-0.2, 0) is 14.2 Å². The molecule has 14 heavy (non-hydrogen) atoms. The SMILES string of the molecule is CO[C@H]1O[C@H](CO)[C@H](OC)[C@@H](O)[C@H]1O. The molecule has 6 heteroatoms. The number of hydrogen-bond acceptors (Lipinski definition) is 6. The van der Waals surface area contributed by atoms with E-state index in [1.165, 1.54) is 14.2 Å². The van der Waals surface area contributed by atoms with Crippen molar-refractivity contribution in [3.05, 3.63) is 0 Å². The molecule has 1 aliphatic heterocycles. The smallest absolute Gasteiger partial charge is 0.186 e. The van der Waals surface area contributed by atoms with Gasteiger partial charge in [-0.2, -0.15) is 0 Å². The van der Waals surface area contributed by atoms with Crippen molar-refractivity contribution in [2.24, 2.45) is 0 Å². The van der Waals surface area contributed by atoms with Crippen LogP contribution in [-0.4, -0.2) is 66.9 Å². The standard InChI is InChI=1S/C8H16O6/c1-12-7-4(3-9)14-8(13-2)6(11)5(7)10/h4-11H,3H2,1-2H3/t4-,5+,6-,7+,8+/m1/s1. The van der Waals surface area contributed by atoms with E-state index in [1.807, 2.05) is 0 Å². The average Bonchev–Trinajstić information content (AvgIpc) is 2.21. The van der Waals surface area contributed by atoms with E-state index in [0.717, 1.165) is 0 Å². The highest BCUT2D eigenvalue weighted by atomic mass is 16.7. The van der Waals surface area contributed by atoms with Gasteiger partial charge in [-0.3, -0.25) is 0 Å². The van der Waals surface area contributed by atoms with Crippen LogP contribution in [0.25, 0.3) is 0 Å². The first-order valence-corrected chi connectivity index (χ1v) is 4.33. The Morgan fingerprint density at radius 1 is 1.14 bits per heavy atom. The molecule has 0 spiro atoms. The zero-order valence-electron chi connectivity index (χ0n) is 8.16. The largest absolute Gasteiger partial charge is 0.394 e. The van der Waals surface area contributed by atoms with Crippen molar-refractivity contribution in [2.75, 3.05) is 20.8 Å². The third kappa shape index (κ3) is 2.05. The summed E-state index contributed by atoms with van der Waals surface area (Å²) in [5.74, 6) is 0. The highest BCUT2D eigenvalue weighted by Crippen LogP contribution is 2.23. The summed E-state index contributed by atoms with van der Waals surface area (Å²) in [6.07, 6.45) is -4.68. The van der Waals surface area contributed by atoms with Crippen LogP contribution in [0, 0.1) is 0 Å². The molecule has 0 unspecified atom stereocenters. The molecule has 6 nitrogen and oxygen atoms in total. The Kier molecular flexibility index (Phi) is 4.24. The highest BCUT2D eigenvalue weighted by molar-refractivity contribution is 4.89. The Morgan fingerprint density at radius 2 is 1.79 bits per heavy atom. The van der Waals surface area contributed by atoms with Gasteiger partial charge < -0.3 is 29.5 Å². The predicted octanol–water partition coefficient (Wildman–Crippen LogP) is -1.91. The fourth-order valence-electron chi connectivity index (χ4n) is 1.54. The molecule has 1 saturated heterocycles. The average molecular weight is 208 g/mol. The first-order chi connectivity index (χ1) is 6.65. The number of aliphatic hydroxyl groups excluding tert-OH is 3. The maximum absolute atomic E-state index is 9.59. The number of ether oxygens (including phenoxy) is 3. The summed E-state index contributed by atoms with van der Waals surface area (Å²) in [7, 11) is 2.72. The zero-order valence-corrected chi connectivity index (χ0v) is 8.16. The molecule has 84 valence electrons. The minimum atomic E-state index is -1.17. The second-order valence-corrected chi connectivity index (χ2v) is 3.14. The molecule has 0 aromatic carbocycles. The number of methoxy groups -OCH3 is 2. The monoisotopic (exact) mass is 208 g/mol. The fourth-order valence-corrected chi connectivity index (χ4v) is 1.54. The summed E-state index contributed by atoms with van der Waals surface area (Å²) < 4.78 is 14.9. The summed E-state index contributed by atoms with van der Waals surface area (Å²) in [6.45, 7) is -0.303. The molecule has 1 fully saturated rings. The lowest BCUT2D eigenvalue weighted by molar-refractivity contribution is -0.298. The van der Waals surface area contributed by atoms with Crippen LogP contribution in [0.4, 0.5) is 0 Å². The van der Waals surface area contributed by atoms with Gasteiger partial charge in [-0.05, 0) is 0 Å². The third-order valence-corrected chi connectivity index (χ3v) is 2.33.